The molecule has 0 heterocycles. The highest BCUT2D eigenvalue weighted by Gasteiger charge is 2.29. The standard InChI is InChI=1S/C17H36O6/c1-2-3-4-5-6-7-8-9-10-11-23-13-15(20)17(22)16(21)14(19)12-18/h14-22H,2-13H2,1H3/t14-,15+,16+,17-/m0/s1. The summed E-state index contributed by atoms with van der Waals surface area (Å²) in [6.07, 6.45) is 5.05. The van der Waals surface area contributed by atoms with E-state index in [2.05, 4.69) is 6.92 Å². The molecule has 6 heteroatoms. The molecule has 0 aromatic heterocycles. The number of rotatable bonds is 16. The lowest BCUT2D eigenvalue weighted by molar-refractivity contribution is -0.129. The maximum atomic E-state index is 9.65. The van der Waals surface area contributed by atoms with Gasteiger partial charge in [-0.3, -0.25) is 0 Å². The van der Waals surface area contributed by atoms with Crippen molar-refractivity contribution >= 4 is 0 Å². The fraction of sp³-hybridized carbons (Fsp3) is 1.00. The van der Waals surface area contributed by atoms with Crippen LogP contribution in [0.15, 0.2) is 0 Å². The summed E-state index contributed by atoms with van der Waals surface area (Å²) in [5.74, 6) is 0. The molecule has 0 aliphatic heterocycles. The lowest BCUT2D eigenvalue weighted by Crippen LogP contribution is -2.47. The van der Waals surface area contributed by atoms with Gasteiger partial charge in [0.2, 0.25) is 0 Å². The third kappa shape index (κ3) is 11.9. The number of aliphatic hydroxyl groups excluding tert-OH is 5. The first-order valence-corrected chi connectivity index (χ1v) is 8.95. The Hall–Kier alpha value is -0.240. The van der Waals surface area contributed by atoms with Crippen molar-refractivity contribution in [1.82, 2.24) is 0 Å². The Bertz CT molecular complexity index is 251. The minimum Gasteiger partial charge on any atom is -0.394 e. The van der Waals surface area contributed by atoms with Crippen molar-refractivity contribution in [2.24, 2.45) is 0 Å². The normalized spacial score (nSPS) is 17.0. The second-order valence-electron chi connectivity index (χ2n) is 6.20. The van der Waals surface area contributed by atoms with Crippen LogP contribution in [0.5, 0.6) is 0 Å². The van der Waals surface area contributed by atoms with Crippen molar-refractivity contribution in [2.75, 3.05) is 19.8 Å². The molecule has 0 bridgehead atoms. The van der Waals surface area contributed by atoms with Crippen LogP contribution in [0.3, 0.4) is 0 Å². The molecule has 0 fully saturated rings. The van der Waals surface area contributed by atoms with Gasteiger partial charge in [0.1, 0.15) is 24.4 Å². The molecule has 0 amide bonds. The predicted molar refractivity (Wildman–Crippen MR) is 89.2 cm³/mol. The average molecular weight is 336 g/mol. The Morgan fingerprint density at radius 2 is 1.17 bits per heavy atom. The van der Waals surface area contributed by atoms with Gasteiger partial charge >= 0.3 is 0 Å². The van der Waals surface area contributed by atoms with E-state index in [1.807, 2.05) is 0 Å². The van der Waals surface area contributed by atoms with Gasteiger partial charge in [-0.2, -0.15) is 0 Å². The van der Waals surface area contributed by atoms with E-state index < -0.39 is 31.0 Å². The van der Waals surface area contributed by atoms with Crippen LogP contribution in [0.1, 0.15) is 64.7 Å². The summed E-state index contributed by atoms with van der Waals surface area (Å²) in [6, 6.07) is 0. The summed E-state index contributed by atoms with van der Waals surface area (Å²) in [4.78, 5) is 0. The molecule has 5 N–H and O–H groups in total. The van der Waals surface area contributed by atoms with Gasteiger partial charge in [-0.1, -0.05) is 58.3 Å². The Kier molecular flexibility index (Phi) is 15.1. The molecule has 0 radical (unpaired) electrons. The minimum atomic E-state index is -1.59. The number of aliphatic hydroxyl groups is 5. The van der Waals surface area contributed by atoms with Crippen LogP contribution in [0, 0.1) is 0 Å². The van der Waals surface area contributed by atoms with Crippen molar-refractivity contribution in [3.8, 4) is 0 Å². The van der Waals surface area contributed by atoms with Gasteiger partial charge in [-0.05, 0) is 6.42 Å². The molecule has 0 saturated heterocycles. The number of hydrogen-bond donors (Lipinski definition) is 5. The average Bonchev–Trinajstić information content (AvgIpc) is 2.57. The summed E-state index contributed by atoms with van der Waals surface area (Å²) in [7, 11) is 0. The third-order valence-corrected chi connectivity index (χ3v) is 4.01. The molecule has 0 spiro atoms. The number of ether oxygens (including phenoxy) is 1. The molecule has 0 aliphatic carbocycles. The van der Waals surface area contributed by atoms with E-state index in [-0.39, 0.29) is 6.61 Å². The summed E-state index contributed by atoms with van der Waals surface area (Å²) < 4.78 is 5.27. The number of unbranched alkanes of at least 4 members (excludes halogenated alkanes) is 8. The van der Waals surface area contributed by atoms with E-state index in [4.69, 9.17) is 9.84 Å². The van der Waals surface area contributed by atoms with Gasteiger partial charge in [-0.15, -0.1) is 0 Å². The van der Waals surface area contributed by atoms with Gasteiger partial charge in [0, 0.05) is 6.61 Å². The van der Waals surface area contributed by atoms with E-state index in [9.17, 15) is 20.4 Å². The van der Waals surface area contributed by atoms with Crippen LogP contribution in [0.25, 0.3) is 0 Å². The molecular weight excluding hydrogens is 300 g/mol. The summed E-state index contributed by atoms with van der Waals surface area (Å²) in [5.41, 5.74) is 0. The van der Waals surface area contributed by atoms with Crippen molar-refractivity contribution < 1.29 is 30.3 Å². The molecule has 0 aliphatic rings. The molecule has 140 valence electrons. The zero-order valence-electron chi connectivity index (χ0n) is 14.4. The van der Waals surface area contributed by atoms with Crippen LogP contribution in [-0.2, 0) is 4.74 Å². The van der Waals surface area contributed by atoms with Crippen molar-refractivity contribution in [3.63, 3.8) is 0 Å². The van der Waals surface area contributed by atoms with Gasteiger partial charge in [0.05, 0.1) is 13.2 Å². The molecule has 4 atom stereocenters. The quantitative estimate of drug-likeness (QED) is 0.269. The summed E-state index contributed by atoms with van der Waals surface area (Å²) in [5, 5.41) is 46.6. The van der Waals surface area contributed by atoms with Gasteiger partial charge in [-0.25, -0.2) is 0 Å². The van der Waals surface area contributed by atoms with Crippen LogP contribution in [-0.4, -0.2) is 69.8 Å². The smallest absolute Gasteiger partial charge is 0.111 e. The Balaban J connectivity index is 3.46. The van der Waals surface area contributed by atoms with Crippen LogP contribution >= 0.6 is 0 Å². The summed E-state index contributed by atoms with van der Waals surface area (Å²) >= 11 is 0. The van der Waals surface area contributed by atoms with Gasteiger partial charge < -0.3 is 30.3 Å². The highest BCUT2D eigenvalue weighted by Crippen LogP contribution is 2.10. The zero-order valence-corrected chi connectivity index (χ0v) is 14.4. The zero-order chi connectivity index (χ0) is 17.5. The van der Waals surface area contributed by atoms with Crippen LogP contribution in [0.2, 0.25) is 0 Å². The first-order valence-electron chi connectivity index (χ1n) is 8.95. The first-order chi connectivity index (χ1) is 11.0. The molecule has 6 nitrogen and oxygen atoms in total. The van der Waals surface area contributed by atoms with E-state index in [0.717, 1.165) is 12.8 Å². The second kappa shape index (κ2) is 15.3. The summed E-state index contributed by atoms with van der Waals surface area (Å²) in [6.45, 7) is 1.93. The van der Waals surface area contributed by atoms with Crippen LogP contribution in [0.4, 0.5) is 0 Å². The molecule has 0 unspecified atom stereocenters. The number of hydrogen-bond acceptors (Lipinski definition) is 6. The maximum absolute atomic E-state index is 9.65. The van der Waals surface area contributed by atoms with Crippen molar-refractivity contribution in [3.05, 3.63) is 0 Å². The monoisotopic (exact) mass is 336 g/mol. The van der Waals surface area contributed by atoms with Crippen molar-refractivity contribution in [2.45, 2.75) is 89.1 Å². The first kappa shape index (κ1) is 22.8. The Morgan fingerprint density at radius 1 is 0.696 bits per heavy atom. The largest absolute Gasteiger partial charge is 0.394 e. The van der Waals surface area contributed by atoms with Crippen molar-refractivity contribution in [1.29, 1.82) is 0 Å². The molecule has 0 saturated carbocycles. The Morgan fingerprint density at radius 3 is 1.70 bits per heavy atom. The lowest BCUT2D eigenvalue weighted by atomic mass is 10.0. The maximum Gasteiger partial charge on any atom is 0.111 e. The van der Waals surface area contributed by atoms with Gasteiger partial charge in [0.25, 0.3) is 0 Å². The third-order valence-electron chi connectivity index (χ3n) is 4.01. The highest BCUT2D eigenvalue weighted by atomic mass is 16.5. The lowest BCUT2D eigenvalue weighted by Gasteiger charge is -2.25. The van der Waals surface area contributed by atoms with Gasteiger partial charge in [0.15, 0.2) is 0 Å². The van der Waals surface area contributed by atoms with E-state index in [1.54, 1.807) is 0 Å². The highest BCUT2D eigenvalue weighted by molar-refractivity contribution is 4.80. The fourth-order valence-corrected chi connectivity index (χ4v) is 2.38. The molecule has 0 rings (SSSR count). The van der Waals surface area contributed by atoms with Crippen LogP contribution < -0.4 is 0 Å². The van der Waals surface area contributed by atoms with E-state index in [0.29, 0.717) is 6.61 Å². The van der Waals surface area contributed by atoms with E-state index in [1.165, 1.54) is 44.9 Å². The minimum absolute atomic E-state index is 0.104. The SMILES string of the molecule is CCCCCCCCCCCOC[C@@H](O)[C@H](O)[C@H](O)[C@@H](O)CO. The predicted octanol–water partition coefficient (Wildman–Crippen LogP) is 0.970. The fourth-order valence-electron chi connectivity index (χ4n) is 2.38. The Labute approximate surface area is 140 Å². The second-order valence-corrected chi connectivity index (χ2v) is 6.20. The van der Waals surface area contributed by atoms with E-state index >= 15 is 0 Å². The molecular formula is C17H36O6. The molecule has 0 aromatic carbocycles. The molecule has 23 heavy (non-hydrogen) atoms. The molecule has 0 aromatic rings. The topological polar surface area (TPSA) is 110 Å².